The molecule has 25 heavy (non-hydrogen) atoms. The number of amides is 1. The summed E-state index contributed by atoms with van der Waals surface area (Å²) >= 11 is 0. The number of nitrogens with zero attached hydrogens (tertiary/aromatic N) is 3. The van der Waals surface area contributed by atoms with Crippen molar-refractivity contribution in [2.75, 3.05) is 5.32 Å². The second kappa shape index (κ2) is 6.07. The molecule has 0 atom stereocenters. The normalized spacial score (nSPS) is 10.6. The fraction of sp³-hybridized carbons (Fsp3) is 0.0667. The maximum Gasteiger partial charge on any atom is 0.409 e. The largest absolute Gasteiger partial charge is 0.465 e. The monoisotopic (exact) mass is 346 g/mol. The van der Waals surface area contributed by atoms with Gasteiger partial charge < -0.3 is 9.84 Å². The highest BCUT2D eigenvalue weighted by Crippen LogP contribution is 2.35. The van der Waals surface area contributed by atoms with E-state index in [9.17, 15) is 19.3 Å². The summed E-state index contributed by atoms with van der Waals surface area (Å²) in [5.74, 6) is -1.18. The van der Waals surface area contributed by atoms with E-state index in [-0.39, 0.29) is 17.2 Å². The Balaban J connectivity index is 2.05. The van der Waals surface area contributed by atoms with Crippen molar-refractivity contribution in [1.29, 1.82) is 0 Å². The Labute approximate surface area is 139 Å². The molecule has 0 spiro atoms. The van der Waals surface area contributed by atoms with Crippen LogP contribution in [0, 0.1) is 15.9 Å². The number of anilines is 1. The molecule has 2 N–H and O–H groups in total. The van der Waals surface area contributed by atoms with Crippen LogP contribution in [0.2, 0.25) is 0 Å². The van der Waals surface area contributed by atoms with Crippen LogP contribution in [-0.2, 0) is 7.05 Å². The average molecular weight is 346 g/mol. The molecule has 3 rings (SSSR count). The zero-order valence-electron chi connectivity index (χ0n) is 12.8. The van der Waals surface area contributed by atoms with Crippen LogP contribution >= 0.6 is 0 Å². The Hall–Kier alpha value is -3.69. The number of rotatable bonds is 4. The first-order valence-corrected chi connectivity index (χ1v) is 6.92. The van der Waals surface area contributed by atoms with Gasteiger partial charge in [-0.2, -0.15) is 5.10 Å². The third kappa shape index (κ3) is 3.17. The van der Waals surface area contributed by atoms with E-state index in [0.717, 1.165) is 18.2 Å². The maximum absolute atomic E-state index is 14.0. The molecule has 0 aliphatic carbocycles. The molecule has 0 saturated carbocycles. The molecular formula is C15H11FN4O5. The number of hydrogen-bond donors (Lipinski definition) is 2. The van der Waals surface area contributed by atoms with Crippen molar-refractivity contribution >= 4 is 28.4 Å². The second-order valence-corrected chi connectivity index (χ2v) is 5.08. The molecule has 0 saturated heterocycles. The number of aromatic nitrogens is 2. The fourth-order valence-electron chi connectivity index (χ4n) is 2.28. The van der Waals surface area contributed by atoms with Crippen molar-refractivity contribution in [2.24, 2.45) is 7.05 Å². The predicted molar refractivity (Wildman–Crippen MR) is 85.5 cm³/mol. The van der Waals surface area contributed by atoms with E-state index in [4.69, 9.17) is 9.84 Å². The Morgan fingerprint density at radius 3 is 2.76 bits per heavy atom. The van der Waals surface area contributed by atoms with Gasteiger partial charge in [0.25, 0.3) is 5.69 Å². The number of fused-ring (bicyclic) bond motifs is 1. The first kappa shape index (κ1) is 16.2. The van der Waals surface area contributed by atoms with Gasteiger partial charge in [-0.3, -0.25) is 20.1 Å². The Kier molecular flexibility index (Phi) is 3.93. The number of halogens is 1. The van der Waals surface area contributed by atoms with E-state index >= 15 is 0 Å². The molecule has 3 aromatic rings. The minimum absolute atomic E-state index is 0.0376. The van der Waals surface area contributed by atoms with Gasteiger partial charge in [0.05, 0.1) is 28.4 Å². The molecule has 0 aliphatic rings. The summed E-state index contributed by atoms with van der Waals surface area (Å²) in [5, 5.41) is 26.5. The number of nitro benzene ring substituents is 1. The van der Waals surface area contributed by atoms with Gasteiger partial charge in [0, 0.05) is 18.5 Å². The van der Waals surface area contributed by atoms with Gasteiger partial charge in [-0.1, -0.05) is 0 Å². The second-order valence-electron chi connectivity index (χ2n) is 5.08. The number of carboxylic acid groups (broad SMARTS) is 1. The van der Waals surface area contributed by atoms with Gasteiger partial charge in [-0.25, -0.2) is 9.18 Å². The lowest BCUT2D eigenvalue weighted by atomic mass is 10.2. The first-order chi connectivity index (χ1) is 11.8. The molecule has 0 aliphatic heterocycles. The van der Waals surface area contributed by atoms with Crippen LogP contribution in [0.15, 0.2) is 36.5 Å². The van der Waals surface area contributed by atoms with Crippen molar-refractivity contribution in [1.82, 2.24) is 9.78 Å². The minimum atomic E-state index is -1.32. The summed E-state index contributed by atoms with van der Waals surface area (Å²) in [6.07, 6.45) is 0.217. The van der Waals surface area contributed by atoms with Gasteiger partial charge in [-0.05, 0) is 18.2 Å². The van der Waals surface area contributed by atoms with Crippen LogP contribution < -0.4 is 10.1 Å². The number of nitro groups is 1. The summed E-state index contributed by atoms with van der Waals surface area (Å²) in [6.45, 7) is 0. The van der Waals surface area contributed by atoms with E-state index in [0.29, 0.717) is 10.9 Å². The van der Waals surface area contributed by atoms with Crippen molar-refractivity contribution in [3.8, 4) is 11.5 Å². The third-order valence-corrected chi connectivity index (χ3v) is 3.44. The van der Waals surface area contributed by atoms with Crippen molar-refractivity contribution in [3.63, 3.8) is 0 Å². The highest BCUT2D eigenvalue weighted by atomic mass is 19.1. The molecule has 0 radical (unpaired) electrons. The van der Waals surface area contributed by atoms with E-state index in [1.54, 1.807) is 17.9 Å². The minimum Gasteiger partial charge on any atom is -0.465 e. The zero-order valence-corrected chi connectivity index (χ0v) is 12.8. The lowest BCUT2D eigenvalue weighted by Gasteiger charge is -2.12. The number of hydrogen-bond acceptors (Lipinski definition) is 5. The van der Waals surface area contributed by atoms with Crippen molar-refractivity contribution < 1.29 is 24.0 Å². The lowest BCUT2D eigenvalue weighted by molar-refractivity contribution is -0.385. The summed E-state index contributed by atoms with van der Waals surface area (Å²) < 4.78 is 21.0. The summed E-state index contributed by atoms with van der Waals surface area (Å²) in [7, 11) is 1.68. The standard InChI is InChI=1S/C15H11FN4O5/c1-19-12-6-11(18-15(21)22)14(4-8(12)7-17-19)25-13-3-2-9(20(23)24)5-10(13)16/h2-7,18H,1H3,(H,21,22). The summed E-state index contributed by atoms with van der Waals surface area (Å²) in [6, 6.07) is 5.91. The topological polar surface area (TPSA) is 120 Å². The number of carbonyl (C=O) groups is 1. The molecule has 0 unspecified atom stereocenters. The predicted octanol–water partition coefficient (Wildman–Crippen LogP) is 3.50. The molecule has 1 heterocycles. The van der Waals surface area contributed by atoms with E-state index in [1.165, 1.54) is 12.1 Å². The van der Waals surface area contributed by atoms with Gasteiger partial charge >= 0.3 is 6.09 Å². The highest BCUT2D eigenvalue weighted by Gasteiger charge is 2.16. The average Bonchev–Trinajstić information content (AvgIpc) is 2.89. The molecule has 1 amide bonds. The first-order valence-electron chi connectivity index (χ1n) is 6.92. The maximum atomic E-state index is 14.0. The van der Waals surface area contributed by atoms with E-state index in [2.05, 4.69) is 10.4 Å². The zero-order chi connectivity index (χ0) is 18.1. The SMILES string of the molecule is Cn1ncc2cc(Oc3ccc([N+](=O)[O-])cc3F)c(NC(=O)O)cc21. The van der Waals surface area contributed by atoms with Crippen molar-refractivity contribution in [3.05, 3.63) is 52.5 Å². The van der Waals surface area contributed by atoms with E-state index < -0.39 is 22.5 Å². The number of nitrogens with one attached hydrogen (secondary N) is 1. The van der Waals surface area contributed by atoms with Gasteiger partial charge in [-0.15, -0.1) is 0 Å². The van der Waals surface area contributed by atoms with Crippen LogP contribution in [0.25, 0.3) is 10.9 Å². The van der Waals surface area contributed by atoms with Crippen LogP contribution in [0.5, 0.6) is 11.5 Å². The van der Waals surface area contributed by atoms with Gasteiger partial charge in [0.1, 0.15) is 0 Å². The molecule has 10 heteroatoms. The van der Waals surface area contributed by atoms with Crippen LogP contribution in [-0.4, -0.2) is 25.9 Å². The smallest absolute Gasteiger partial charge is 0.409 e. The number of non-ortho nitro benzene ring substituents is 1. The number of aryl methyl sites for hydroxylation is 1. The van der Waals surface area contributed by atoms with Crippen molar-refractivity contribution in [2.45, 2.75) is 0 Å². The molecule has 128 valence electrons. The summed E-state index contributed by atoms with van der Waals surface area (Å²) in [5.41, 5.74) is 0.304. The summed E-state index contributed by atoms with van der Waals surface area (Å²) in [4.78, 5) is 20.9. The van der Waals surface area contributed by atoms with Crippen LogP contribution in [0.3, 0.4) is 0 Å². The molecule has 0 bridgehead atoms. The molecule has 0 fully saturated rings. The lowest BCUT2D eigenvalue weighted by Crippen LogP contribution is -2.08. The van der Waals surface area contributed by atoms with E-state index in [1.807, 2.05) is 0 Å². The molecule has 9 nitrogen and oxygen atoms in total. The Morgan fingerprint density at radius 2 is 2.12 bits per heavy atom. The van der Waals surface area contributed by atoms with Gasteiger partial charge in [0.2, 0.25) is 0 Å². The van der Waals surface area contributed by atoms with Crippen LogP contribution in [0.1, 0.15) is 0 Å². The van der Waals surface area contributed by atoms with Crippen LogP contribution in [0.4, 0.5) is 20.6 Å². The molecule has 1 aromatic heterocycles. The Bertz CT molecular complexity index is 1000. The van der Waals surface area contributed by atoms with Gasteiger partial charge in [0.15, 0.2) is 17.3 Å². The fourth-order valence-corrected chi connectivity index (χ4v) is 2.28. The highest BCUT2D eigenvalue weighted by molar-refractivity contribution is 5.92. The number of ether oxygens (including phenoxy) is 1. The molecular weight excluding hydrogens is 335 g/mol. The Morgan fingerprint density at radius 1 is 1.36 bits per heavy atom. The quantitative estimate of drug-likeness (QED) is 0.551. The number of benzene rings is 2. The third-order valence-electron chi connectivity index (χ3n) is 3.44. The molecule has 2 aromatic carbocycles.